The van der Waals surface area contributed by atoms with Crippen molar-refractivity contribution in [1.29, 1.82) is 0 Å². The SMILES string of the molecule is CCC(=O)O[C@@]1(C(=O)CO)[C@H](C)C[C@@H]2[C@H]3CCC4=CC(=O)C=C[C@@]4(C)[C@]3(F)[C@H](O)C[C@]21C. The average Bonchev–Trinajstić information content (AvgIpc) is 2.96. The summed E-state index contributed by atoms with van der Waals surface area (Å²) in [6.45, 7) is 6.19. The number of ether oxygens (including phenoxy) is 1. The van der Waals surface area contributed by atoms with Crippen LogP contribution in [0.4, 0.5) is 4.39 Å². The van der Waals surface area contributed by atoms with E-state index in [2.05, 4.69) is 0 Å². The predicted octanol–water partition coefficient (Wildman–Crippen LogP) is 2.86. The summed E-state index contributed by atoms with van der Waals surface area (Å²) in [7, 11) is 0. The zero-order valence-corrected chi connectivity index (χ0v) is 19.2. The van der Waals surface area contributed by atoms with E-state index in [1.807, 2.05) is 0 Å². The molecule has 7 heteroatoms. The summed E-state index contributed by atoms with van der Waals surface area (Å²) >= 11 is 0. The second-order valence-electron chi connectivity index (χ2n) is 10.5. The highest BCUT2D eigenvalue weighted by atomic mass is 19.1. The second kappa shape index (κ2) is 7.32. The maximum atomic E-state index is 17.2. The normalized spacial score (nSPS) is 47.2. The van der Waals surface area contributed by atoms with E-state index in [0.717, 1.165) is 0 Å². The molecule has 0 saturated heterocycles. The van der Waals surface area contributed by atoms with E-state index in [9.17, 15) is 24.6 Å². The number of allylic oxidation sites excluding steroid dienone is 4. The van der Waals surface area contributed by atoms with Crippen LogP contribution < -0.4 is 0 Å². The van der Waals surface area contributed by atoms with Gasteiger partial charge in [-0.25, -0.2) is 4.39 Å². The number of esters is 1. The first kappa shape index (κ1) is 23.3. The molecule has 0 aliphatic heterocycles. The summed E-state index contributed by atoms with van der Waals surface area (Å²) in [6, 6.07) is 0. The molecule has 176 valence electrons. The lowest BCUT2D eigenvalue weighted by Crippen LogP contribution is -2.70. The number of aliphatic hydroxyl groups excluding tert-OH is 2. The van der Waals surface area contributed by atoms with Gasteiger partial charge in [0.1, 0.15) is 6.61 Å². The van der Waals surface area contributed by atoms with Gasteiger partial charge in [-0.1, -0.05) is 32.4 Å². The first-order valence-corrected chi connectivity index (χ1v) is 11.6. The summed E-state index contributed by atoms with van der Waals surface area (Å²) in [5.41, 5.74) is -5.10. The fourth-order valence-corrected chi connectivity index (χ4v) is 7.77. The number of alkyl halides is 1. The smallest absolute Gasteiger partial charge is 0.306 e. The number of hydrogen-bond donors (Lipinski definition) is 2. The van der Waals surface area contributed by atoms with E-state index in [0.29, 0.717) is 24.8 Å². The molecule has 0 aromatic heterocycles. The van der Waals surface area contributed by atoms with Crippen LogP contribution in [0.3, 0.4) is 0 Å². The molecular weight excluding hydrogens is 415 g/mol. The average molecular weight is 449 g/mol. The maximum Gasteiger partial charge on any atom is 0.306 e. The molecule has 0 radical (unpaired) electrons. The quantitative estimate of drug-likeness (QED) is 0.642. The number of ketones is 2. The van der Waals surface area contributed by atoms with Gasteiger partial charge in [-0.2, -0.15) is 0 Å². The molecule has 4 aliphatic carbocycles. The lowest BCUT2D eigenvalue weighted by Gasteiger charge is -2.62. The minimum absolute atomic E-state index is 0.0675. The third kappa shape index (κ3) is 2.61. The number of carbonyl (C=O) groups is 3. The van der Waals surface area contributed by atoms with E-state index < -0.39 is 58.4 Å². The van der Waals surface area contributed by atoms with Gasteiger partial charge in [0, 0.05) is 29.1 Å². The fourth-order valence-electron chi connectivity index (χ4n) is 7.77. The van der Waals surface area contributed by atoms with Gasteiger partial charge in [0.05, 0.1) is 6.10 Å². The van der Waals surface area contributed by atoms with Crippen molar-refractivity contribution in [2.24, 2.45) is 28.6 Å². The fraction of sp³-hybridized carbons (Fsp3) is 0.720. The molecule has 0 aromatic rings. The van der Waals surface area contributed by atoms with Crippen molar-refractivity contribution in [1.82, 2.24) is 0 Å². The van der Waals surface area contributed by atoms with E-state index in [4.69, 9.17) is 4.74 Å². The topological polar surface area (TPSA) is 101 Å². The van der Waals surface area contributed by atoms with E-state index in [1.54, 1.807) is 33.8 Å². The zero-order chi connectivity index (χ0) is 23.7. The third-order valence-electron chi connectivity index (χ3n) is 9.30. The standard InChI is InChI=1S/C25H33FO6/c1-5-21(31)32-25(20(30)13-27)14(2)10-18-17-7-6-15-11-16(28)8-9-22(15,3)24(17,26)19(29)12-23(18,25)4/h8-9,11,14,17-19,27,29H,5-7,10,12-13H2,1-4H3/t14-,17-,18-,19-,22-,23-,24-,25-/m1/s1. The summed E-state index contributed by atoms with van der Waals surface area (Å²) in [5, 5.41) is 21.2. The lowest BCUT2D eigenvalue weighted by molar-refractivity contribution is -0.228. The summed E-state index contributed by atoms with van der Waals surface area (Å²) < 4.78 is 23.0. The second-order valence-corrected chi connectivity index (χ2v) is 10.5. The Morgan fingerprint density at radius 2 is 1.97 bits per heavy atom. The minimum atomic E-state index is -2.02. The molecule has 4 aliphatic rings. The molecule has 0 aromatic carbocycles. The number of halogens is 1. The van der Waals surface area contributed by atoms with Crippen molar-refractivity contribution in [3.63, 3.8) is 0 Å². The van der Waals surface area contributed by atoms with Gasteiger partial charge in [0.25, 0.3) is 0 Å². The highest BCUT2D eigenvalue weighted by Gasteiger charge is 2.77. The lowest BCUT2D eigenvalue weighted by atomic mass is 9.44. The van der Waals surface area contributed by atoms with Gasteiger partial charge >= 0.3 is 5.97 Å². The first-order chi connectivity index (χ1) is 14.9. The third-order valence-corrected chi connectivity index (χ3v) is 9.30. The van der Waals surface area contributed by atoms with Crippen molar-refractivity contribution in [3.8, 4) is 0 Å². The Bertz CT molecular complexity index is 925. The van der Waals surface area contributed by atoms with Gasteiger partial charge < -0.3 is 14.9 Å². The Morgan fingerprint density at radius 3 is 2.59 bits per heavy atom. The molecule has 2 N–H and O–H groups in total. The van der Waals surface area contributed by atoms with Crippen molar-refractivity contribution in [2.45, 2.75) is 77.2 Å². The van der Waals surface area contributed by atoms with Gasteiger partial charge in [0.15, 0.2) is 17.1 Å². The van der Waals surface area contributed by atoms with Crippen molar-refractivity contribution < 1.29 is 33.7 Å². The predicted molar refractivity (Wildman–Crippen MR) is 114 cm³/mol. The molecule has 0 bridgehead atoms. The van der Waals surface area contributed by atoms with Crippen LogP contribution >= 0.6 is 0 Å². The molecule has 6 nitrogen and oxygen atoms in total. The summed E-state index contributed by atoms with van der Waals surface area (Å²) in [6.07, 6.45) is 4.38. The van der Waals surface area contributed by atoms with Crippen LogP contribution in [0, 0.1) is 28.6 Å². The summed E-state index contributed by atoms with van der Waals surface area (Å²) in [4.78, 5) is 37.5. The maximum absolute atomic E-state index is 17.2. The van der Waals surface area contributed by atoms with Crippen molar-refractivity contribution in [3.05, 3.63) is 23.8 Å². The zero-order valence-electron chi connectivity index (χ0n) is 19.2. The molecule has 0 unspecified atom stereocenters. The van der Waals surface area contributed by atoms with Crippen LogP contribution in [0.5, 0.6) is 0 Å². The first-order valence-electron chi connectivity index (χ1n) is 11.6. The number of hydrogen-bond acceptors (Lipinski definition) is 6. The monoisotopic (exact) mass is 448 g/mol. The molecule has 3 fully saturated rings. The van der Waals surface area contributed by atoms with Crippen LogP contribution in [-0.4, -0.2) is 51.7 Å². The molecular formula is C25H33FO6. The van der Waals surface area contributed by atoms with Gasteiger partial charge in [0.2, 0.25) is 5.78 Å². The number of rotatable bonds is 4. The number of Topliss-reactive ketones (excluding diaryl/α,β-unsaturated/α-hetero) is 1. The molecule has 0 heterocycles. The van der Waals surface area contributed by atoms with Gasteiger partial charge in [-0.05, 0) is 50.7 Å². The molecule has 32 heavy (non-hydrogen) atoms. The Labute approximate surface area is 187 Å². The van der Waals surface area contributed by atoms with Crippen molar-refractivity contribution in [2.75, 3.05) is 6.61 Å². The van der Waals surface area contributed by atoms with E-state index in [1.165, 1.54) is 12.2 Å². The highest BCUT2D eigenvalue weighted by molar-refractivity contribution is 6.01. The van der Waals surface area contributed by atoms with Crippen LogP contribution in [0.2, 0.25) is 0 Å². The molecule has 4 rings (SSSR count). The molecule has 0 spiro atoms. The number of carbonyl (C=O) groups excluding carboxylic acids is 3. The van der Waals surface area contributed by atoms with E-state index in [-0.39, 0.29) is 24.5 Å². The van der Waals surface area contributed by atoms with Crippen LogP contribution in [-0.2, 0) is 19.1 Å². The van der Waals surface area contributed by atoms with Crippen LogP contribution in [0.25, 0.3) is 0 Å². The molecule has 3 saturated carbocycles. The number of aliphatic hydroxyl groups is 2. The van der Waals surface area contributed by atoms with Crippen LogP contribution in [0.1, 0.15) is 59.8 Å². The molecule has 8 atom stereocenters. The minimum Gasteiger partial charge on any atom is -0.450 e. The molecule has 0 amide bonds. The Hall–Kier alpha value is -1.86. The largest absolute Gasteiger partial charge is 0.450 e. The Balaban J connectivity index is 1.85. The van der Waals surface area contributed by atoms with Gasteiger partial charge in [-0.15, -0.1) is 0 Å². The number of fused-ring (bicyclic) bond motifs is 5. The van der Waals surface area contributed by atoms with Crippen molar-refractivity contribution >= 4 is 17.5 Å². The van der Waals surface area contributed by atoms with Gasteiger partial charge in [-0.3, -0.25) is 14.4 Å². The summed E-state index contributed by atoms with van der Waals surface area (Å²) in [5.74, 6) is -2.69. The van der Waals surface area contributed by atoms with Crippen LogP contribution in [0.15, 0.2) is 23.8 Å². The van der Waals surface area contributed by atoms with E-state index >= 15 is 4.39 Å². The highest BCUT2D eigenvalue weighted by Crippen LogP contribution is 2.71. The Kier molecular flexibility index (Phi) is 5.33. The Morgan fingerprint density at radius 1 is 1.28 bits per heavy atom.